The number of carbonyl (C=O) groups excluding carboxylic acids is 2. The van der Waals surface area contributed by atoms with Gasteiger partial charge in [0, 0.05) is 12.1 Å². The van der Waals surface area contributed by atoms with Crippen LogP contribution in [-0.2, 0) is 9.59 Å². The van der Waals surface area contributed by atoms with Gasteiger partial charge in [-0.3, -0.25) is 9.59 Å². The van der Waals surface area contributed by atoms with Crippen molar-refractivity contribution in [2.75, 3.05) is 16.4 Å². The molecule has 128 valence electrons. The fourth-order valence-corrected chi connectivity index (χ4v) is 3.61. The molecule has 0 aliphatic rings. The van der Waals surface area contributed by atoms with Crippen molar-refractivity contribution in [3.05, 3.63) is 29.3 Å². The van der Waals surface area contributed by atoms with E-state index < -0.39 is 0 Å². The van der Waals surface area contributed by atoms with E-state index in [0.717, 1.165) is 23.2 Å². The van der Waals surface area contributed by atoms with E-state index in [1.165, 1.54) is 23.1 Å². The lowest BCUT2D eigenvalue weighted by molar-refractivity contribution is -0.116. The van der Waals surface area contributed by atoms with Gasteiger partial charge >= 0.3 is 0 Å². The number of amides is 2. The van der Waals surface area contributed by atoms with E-state index in [0.29, 0.717) is 15.9 Å². The summed E-state index contributed by atoms with van der Waals surface area (Å²) in [6.07, 6.45) is 1.24. The van der Waals surface area contributed by atoms with E-state index in [9.17, 15) is 9.59 Å². The molecule has 2 rings (SSSR count). The number of hydrogen-bond donors (Lipinski definition) is 2. The second kappa shape index (κ2) is 8.79. The molecule has 0 fully saturated rings. The third-order valence-corrected chi connectivity index (χ3v) is 5.17. The third-order valence-electron chi connectivity index (χ3n) is 3.20. The van der Waals surface area contributed by atoms with Crippen LogP contribution in [0.5, 0.6) is 0 Å². The minimum absolute atomic E-state index is 0.0713. The molecule has 2 amide bonds. The van der Waals surface area contributed by atoms with Crippen molar-refractivity contribution in [1.82, 2.24) is 10.2 Å². The van der Waals surface area contributed by atoms with Gasteiger partial charge in [0.25, 0.3) is 0 Å². The molecule has 0 saturated carbocycles. The molecule has 0 atom stereocenters. The van der Waals surface area contributed by atoms with E-state index >= 15 is 0 Å². The highest BCUT2D eigenvalue weighted by Gasteiger charge is 2.11. The summed E-state index contributed by atoms with van der Waals surface area (Å²) in [6, 6.07) is 5.89. The van der Waals surface area contributed by atoms with Crippen molar-refractivity contribution >= 4 is 45.7 Å². The summed E-state index contributed by atoms with van der Waals surface area (Å²) >= 11 is 2.57. The van der Waals surface area contributed by atoms with E-state index in [4.69, 9.17) is 0 Å². The number of rotatable bonds is 7. The van der Waals surface area contributed by atoms with Gasteiger partial charge in [-0.15, -0.1) is 10.2 Å². The van der Waals surface area contributed by atoms with Crippen LogP contribution in [0.1, 0.15) is 30.9 Å². The topological polar surface area (TPSA) is 84.0 Å². The number of thioether (sulfide) groups is 1. The molecule has 2 N–H and O–H groups in total. The minimum Gasteiger partial charge on any atom is -0.325 e. The number of para-hydroxylation sites is 1. The van der Waals surface area contributed by atoms with Crippen LogP contribution in [0.15, 0.2) is 22.5 Å². The molecule has 0 unspecified atom stereocenters. The van der Waals surface area contributed by atoms with E-state index in [1.54, 1.807) is 0 Å². The maximum absolute atomic E-state index is 12.1. The molecule has 1 heterocycles. The van der Waals surface area contributed by atoms with Crippen molar-refractivity contribution in [2.45, 2.75) is 38.0 Å². The largest absolute Gasteiger partial charge is 0.325 e. The summed E-state index contributed by atoms with van der Waals surface area (Å²) in [5.74, 6) is 0.0767. The number of hydrogen-bond acceptors (Lipinski definition) is 6. The predicted molar refractivity (Wildman–Crippen MR) is 98.7 cm³/mol. The number of nitrogens with one attached hydrogen (secondary N) is 2. The Balaban J connectivity index is 1.86. The zero-order valence-corrected chi connectivity index (χ0v) is 15.5. The van der Waals surface area contributed by atoms with Crippen LogP contribution < -0.4 is 10.6 Å². The van der Waals surface area contributed by atoms with Gasteiger partial charge in [0.2, 0.25) is 16.9 Å². The van der Waals surface area contributed by atoms with Crippen LogP contribution in [0.4, 0.5) is 10.8 Å². The Kier molecular flexibility index (Phi) is 6.74. The molecule has 1 aromatic carbocycles. The molecule has 0 saturated heterocycles. The van der Waals surface area contributed by atoms with Crippen LogP contribution >= 0.6 is 23.1 Å². The van der Waals surface area contributed by atoms with E-state index in [2.05, 4.69) is 20.8 Å². The van der Waals surface area contributed by atoms with E-state index in [1.807, 2.05) is 39.0 Å². The summed E-state index contributed by atoms with van der Waals surface area (Å²) < 4.78 is 0.651. The van der Waals surface area contributed by atoms with Crippen LogP contribution in [0.25, 0.3) is 0 Å². The average Bonchev–Trinajstić information content (AvgIpc) is 2.97. The lowest BCUT2D eigenvalue weighted by Crippen LogP contribution is -2.15. The van der Waals surface area contributed by atoms with Crippen molar-refractivity contribution in [1.29, 1.82) is 0 Å². The first-order valence-electron chi connectivity index (χ1n) is 7.61. The normalized spacial score (nSPS) is 10.5. The molecule has 0 bridgehead atoms. The Labute approximate surface area is 149 Å². The van der Waals surface area contributed by atoms with Gasteiger partial charge in [-0.05, 0) is 31.4 Å². The Morgan fingerprint density at radius 3 is 2.50 bits per heavy atom. The molecule has 1 aromatic heterocycles. The van der Waals surface area contributed by atoms with Gasteiger partial charge in [0.1, 0.15) is 0 Å². The summed E-state index contributed by atoms with van der Waals surface area (Å²) in [5.41, 5.74) is 2.92. The first-order chi connectivity index (χ1) is 11.5. The van der Waals surface area contributed by atoms with Crippen molar-refractivity contribution < 1.29 is 9.59 Å². The fraction of sp³-hybridized carbons (Fsp3) is 0.375. The zero-order valence-electron chi connectivity index (χ0n) is 13.9. The van der Waals surface area contributed by atoms with Crippen LogP contribution in [0.2, 0.25) is 0 Å². The highest BCUT2D eigenvalue weighted by molar-refractivity contribution is 8.01. The van der Waals surface area contributed by atoms with Gasteiger partial charge in [-0.1, -0.05) is 48.2 Å². The summed E-state index contributed by atoms with van der Waals surface area (Å²) in [5, 5.41) is 14.0. The Hall–Kier alpha value is -1.93. The maximum atomic E-state index is 12.1. The monoisotopic (exact) mass is 364 g/mol. The van der Waals surface area contributed by atoms with Crippen LogP contribution in [0.3, 0.4) is 0 Å². The number of benzene rings is 1. The van der Waals surface area contributed by atoms with Crippen LogP contribution in [-0.4, -0.2) is 27.8 Å². The van der Waals surface area contributed by atoms with Gasteiger partial charge in [-0.2, -0.15) is 0 Å². The van der Waals surface area contributed by atoms with Crippen molar-refractivity contribution in [3.8, 4) is 0 Å². The molecular weight excluding hydrogens is 344 g/mol. The van der Waals surface area contributed by atoms with Gasteiger partial charge < -0.3 is 10.6 Å². The molecular formula is C16H20N4O2S2. The molecule has 6 nitrogen and oxygen atoms in total. The summed E-state index contributed by atoms with van der Waals surface area (Å²) in [7, 11) is 0. The van der Waals surface area contributed by atoms with Crippen molar-refractivity contribution in [3.63, 3.8) is 0 Å². The summed E-state index contributed by atoms with van der Waals surface area (Å²) in [4.78, 5) is 23.6. The number of aromatic nitrogens is 2. The molecule has 0 aliphatic carbocycles. The first-order valence-corrected chi connectivity index (χ1v) is 9.42. The molecule has 0 aliphatic heterocycles. The summed E-state index contributed by atoms with van der Waals surface area (Å²) in [6.45, 7) is 5.87. The Morgan fingerprint density at radius 1 is 1.12 bits per heavy atom. The highest BCUT2D eigenvalue weighted by atomic mass is 32.2. The zero-order chi connectivity index (χ0) is 17.5. The van der Waals surface area contributed by atoms with Crippen molar-refractivity contribution in [2.24, 2.45) is 0 Å². The smallest absolute Gasteiger partial charge is 0.234 e. The lowest BCUT2D eigenvalue weighted by Gasteiger charge is -2.10. The Morgan fingerprint density at radius 2 is 1.83 bits per heavy atom. The van der Waals surface area contributed by atoms with Gasteiger partial charge in [0.15, 0.2) is 4.34 Å². The second-order valence-electron chi connectivity index (χ2n) is 5.27. The standard InChI is InChI=1S/C16H20N4O2S2/c1-4-6-12(21)18-15-19-20-16(24-15)23-9-13(22)17-14-10(2)7-5-8-11(14)3/h5,7-8H,4,6,9H2,1-3H3,(H,17,22)(H,18,19,21). The number of anilines is 2. The fourth-order valence-electron chi connectivity index (χ4n) is 2.04. The quantitative estimate of drug-likeness (QED) is 0.579. The maximum Gasteiger partial charge on any atom is 0.234 e. The van der Waals surface area contributed by atoms with Gasteiger partial charge in [0.05, 0.1) is 5.75 Å². The third kappa shape index (κ3) is 5.31. The predicted octanol–water partition coefficient (Wildman–Crippen LogP) is 3.62. The molecule has 0 radical (unpaired) electrons. The molecule has 8 heteroatoms. The molecule has 0 spiro atoms. The number of carbonyl (C=O) groups is 2. The van der Waals surface area contributed by atoms with E-state index in [-0.39, 0.29) is 17.6 Å². The lowest BCUT2D eigenvalue weighted by atomic mass is 10.1. The van der Waals surface area contributed by atoms with Gasteiger partial charge in [-0.25, -0.2) is 0 Å². The minimum atomic E-state index is -0.0934. The Bertz CT molecular complexity index is 710. The number of nitrogens with zero attached hydrogens (tertiary/aromatic N) is 2. The average molecular weight is 364 g/mol. The molecule has 24 heavy (non-hydrogen) atoms. The highest BCUT2D eigenvalue weighted by Crippen LogP contribution is 2.26. The van der Waals surface area contributed by atoms with Crippen LogP contribution in [0, 0.1) is 13.8 Å². The first kappa shape index (κ1) is 18.4. The number of aryl methyl sites for hydroxylation is 2. The second-order valence-corrected chi connectivity index (χ2v) is 7.47. The SMILES string of the molecule is CCCC(=O)Nc1nnc(SCC(=O)Nc2c(C)cccc2C)s1. The molecule has 2 aromatic rings.